The molecule has 5 heteroatoms. The quantitative estimate of drug-likeness (QED) is 0.814. The van der Waals surface area contributed by atoms with Crippen LogP contribution in [0.3, 0.4) is 0 Å². The number of nitrogens with zero attached hydrogens (tertiary/aromatic N) is 1. The number of thiocarbonyl (C=S) groups is 1. The van der Waals surface area contributed by atoms with Gasteiger partial charge in [0.15, 0.2) is 0 Å². The third-order valence-corrected chi connectivity index (χ3v) is 2.67. The lowest BCUT2D eigenvalue weighted by Gasteiger charge is -2.09. The number of aromatic nitrogens is 1. The maximum Gasteiger partial charge on any atom is 0.251 e. The SMILES string of the molecule is Cc1c(Br)ccc(=O)n1CC(N)=S. The summed E-state index contributed by atoms with van der Waals surface area (Å²) in [4.78, 5) is 11.7. The number of hydrogen-bond acceptors (Lipinski definition) is 2. The van der Waals surface area contributed by atoms with Gasteiger partial charge in [0.2, 0.25) is 0 Å². The molecule has 0 radical (unpaired) electrons. The van der Waals surface area contributed by atoms with E-state index in [0.717, 1.165) is 10.2 Å². The van der Waals surface area contributed by atoms with Gasteiger partial charge in [0.1, 0.15) is 0 Å². The summed E-state index contributed by atoms with van der Waals surface area (Å²) < 4.78 is 2.41. The van der Waals surface area contributed by atoms with Gasteiger partial charge in [-0.1, -0.05) is 12.2 Å². The summed E-state index contributed by atoms with van der Waals surface area (Å²) in [5, 5.41) is 0. The standard InChI is InChI=1S/C8H9BrN2OS/c1-5-6(9)2-3-8(12)11(5)4-7(10)13/h2-3H,4H2,1H3,(H2,10,13). The van der Waals surface area contributed by atoms with E-state index in [1.807, 2.05) is 6.92 Å². The molecule has 0 unspecified atom stereocenters. The van der Waals surface area contributed by atoms with Gasteiger partial charge in [-0.2, -0.15) is 0 Å². The van der Waals surface area contributed by atoms with Crippen LogP contribution in [0, 0.1) is 6.92 Å². The average molecular weight is 261 g/mol. The molecule has 0 aliphatic carbocycles. The van der Waals surface area contributed by atoms with Crippen LogP contribution >= 0.6 is 28.1 Å². The van der Waals surface area contributed by atoms with Gasteiger partial charge in [0.05, 0.1) is 11.5 Å². The van der Waals surface area contributed by atoms with Gasteiger partial charge in [0.25, 0.3) is 5.56 Å². The molecular weight excluding hydrogens is 252 g/mol. The summed E-state index contributed by atoms with van der Waals surface area (Å²) in [5.74, 6) is 0. The molecule has 0 bridgehead atoms. The summed E-state index contributed by atoms with van der Waals surface area (Å²) in [7, 11) is 0. The Balaban J connectivity index is 3.25. The molecule has 70 valence electrons. The van der Waals surface area contributed by atoms with Gasteiger partial charge in [-0.25, -0.2) is 0 Å². The zero-order valence-electron chi connectivity index (χ0n) is 7.08. The molecule has 2 N–H and O–H groups in total. The fraction of sp³-hybridized carbons (Fsp3) is 0.250. The van der Waals surface area contributed by atoms with Crippen LogP contribution in [0.2, 0.25) is 0 Å². The van der Waals surface area contributed by atoms with Crippen LogP contribution < -0.4 is 11.3 Å². The van der Waals surface area contributed by atoms with Crippen molar-refractivity contribution in [3.05, 3.63) is 32.7 Å². The molecule has 0 spiro atoms. The van der Waals surface area contributed by atoms with Crippen LogP contribution in [0.25, 0.3) is 0 Å². The molecular formula is C8H9BrN2OS. The van der Waals surface area contributed by atoms with Crippen molar-refractivity contribution in [2.75, 3.05) is 0 Å². The fourth-order valence-electron chi connectivity index (χ4n) is 1.00. The predicted octanol–water partition coefficient (Wildman–Crippen LogP) is 1.21. The smallest absolute Gasteiger partial charge is 0.251 e. The van der Waals surface area contributed by atoms with Gasteiger partial charge in [-0.15, -0.1) is 0 Å². The molecule has 0 fully saturated rings. The second-order valence-corrected chi connectivity index (χ2v) is 4.04. The lowest BCUT2D eigenvalue weighted by atomic mass is 10.3. The third-order valence-electron chi connectivity index (χ3n) is 1.70. The van der Waals surface area contributed by atoms with E-state index in [-0.39, 0.29) is 5.56 Å². The summed E-state index contributed by atoms with van der Waals surface area (Å²) in [6.45, 7) is 2.13. The lowest BCUT2D eigenvalue weighted by molar-refractivity contribution is 0.768. The monoisotopic (exact) mass is 260 g/mol. The Morgan fingerprint density at radius 3 is 2.85 bits per heavy atom. The molecule has 1 heterocycles. The highest BCUT2D eigenvalue weighted by Gasteiger charge is 2.03. The van der Waals surface area contributed by atoms with Crippen molar-refractivity contribution >= 4 is 33.1 Å². The second-order valence-electron chi connectivity index (χ2n) is 2.66. The lowest BCUT2D eigenvalue weighted by Crippen LogP contribution is -2.28. The molecule has 1 rings (SSSR count). The number of halogens is 1. The first-order valence-corrected chi connectivity index (χ1v) is 4.86. The number of hydrogen-bond donors (Lipinski definition) is 1. The van der Waals surface area contributed by atoms with Crippen molar-refractivity contribution in [1.82, 2.24) is 4.57 Å². The van der Waals surface area contributed by atoms with Crippen molar-refractivity contribution in [3.8, 4) is 0 Å². The summed E-state index contributed by atoms with van der Waals surface area (Å²) in [6, 6.07) is 3.20. The minimum atomic E-state index is -0.0894. The van der Waals surface area contributed by atoms with Crippen LogP contribution in [-0.4, -0.2) is 9.56 Å². The Morgan fingerprint density at radius 2 is 2.31 bits per heavy atom. The summed E-state index contributed by atoms with van der Waals surface area (Å²) in [5.41, 5.74) is 6.11. The zero-order valence-corrected chi connectivity index (χ0v) is 9.48. The van der Waals surface area contributed by atoms with Crippen molar-refractivity contribution in [3.63, 3.8) is 0 Å². The van der Waals surface area contributed by atoms with Crippen LogP contribution in [0.15, 0.2) is 21.4 Å². The molecule has 1 aromatic heterocycles. The van der Waals surface area contributed by atoms with E-state index in [1.54, 1.807) is 6.07 Å². The summed E-state index contributed by atoms with van der Waals surface area (Å²) in [6.07, 6.45) is 0. The highest BCUT2D eigenvalue weighted by Crippen LogP contribution is 2.12. The number of rotatable bonds is 2. The zero-order chi connectivity index (χ0) is 10.0. The Morgan fingerprint density at radius 1 is 1.69 bits per heavy atom. The molecule has 1 aromatic rings. The number of nitrogens with two attached hydrogens (primary N) is 1. The average Bonchev–Trinajstić information content (AvgIpc) is 2.05. The van der Waals surface area contributed by atoms with Crippen LogP contribution in [-0.2, 0) is 6.54 Å². The van der Waals surface area contributed by atoms with Gasteiger partial charge >= 0.3 is 0 Å². The molecule has 0 aromatic carbocycles. The van der Waals surface area contributed by atoms with Crippen molar-refractivity contribution in [1.29, 1.82) is 0 Å². The van der Waals surface area contributed by atoms with E-state index in [1.165, 1.54) is 10.6 Å². The second kappa shape index (κ2) is 4.02. The highest BCUT2D eigenvalue weighted by atomic mass is 79.9. The molecule has 0 aliphatic rings. The Bertz CT molecular complexity index is 400. The van der Waals surface area contributed by atoms with E-state index in [2.05, 4.69) is 15.9 Å². The van der Waals surface area contributed by atoms with Gasteiger partial charge in [-0.05, 0) is 28.9 Å². The van der Waals surface area contributed by atoms with Crippen molar-refractivity contribution in [2.24, 2.45) is 5.73 Å². The first kappa shape index (κ1) is 10.4. The maximum atomic E-state index is 11.4. The van der Waals surface area contributed by atoms with E-state index < -0.39 is 0 Å². The van der Waals surface area contributed by atoms with Crippen LogP contribution in [0.4, 0.5) is 0 Å². The van der Waals surface area contributed by atoms with E-state index in [4.69, 9.17) is 18.0 Å². The van der Waals surface area contributed by atoms with E-state index in [0.29, 0.717) is 11.5 Å². The van der Waals surface area contributed by atoms with E-state index >= 15 is 0 Å². The molecule has 0 saturated carbocycles. The maximum absolute atomic E-state index is 11.4. The minimum absolute atomic E-state index is 0.0894. The van der Waals surface area contributed by atoms with E-state index in [9.17, 15) is 4.79 Å². The molecule has 0 atom stereocenters. The van der Waals surface area contributed by atoms with Gasteiger partial charge in [-0.3, -0.25) is 4.79 Å². The van der Waals surface area contributed by atoms with Gasteiger partial charge < -0.3 is 10.3 Å². The molecule has 0 amide bonds. The Labute approximate surface area is 89.7 Å². The topological polar surface area (TPSA) is 48.0 Å². The van der Waals surface area contributed by atoms with Gasteiger partial charge in [0, 0.05) is 16.2 Å². The molecule has 3 nitrogen and oxygen atoms in total. The molecule has 13 heavy (non-hydrogen) atoms. The molecule has 0 saturated heterocycles. The predicted molar refractivity (Wildman–Crippen MR) is 59.9 cm³/mol. The third kappa shape index (κ3) is 2.38. The normalized spacial score (nSPS) is 10.0. The minimum Gasteiger partial charge on any atom is -0.392 e. The van der Waals surface area contributed by atoms with Crippen LogP contribution in [0.1, 0.15) is 5.69 Å². The first-order chi connectivity index (χ1) is 6.02. The highest BCUT2D eigenvalue weighted by molar-refractivity contribution is 9.10. The first-order valence-electron chi connectivity index (χ1n) is 3.66. The van der Waals surface area contributed by atoms with Crippen molar-refractivity contribution < 1.29 is 0 Å². The largest absolute Gasteiger partial charge is 0.392 e. The van der Waals surface area contributed by atoms with Crippen molar-refractivity contribution in [2.45, 2.75) is 13.5 Å². The Kier molecular flexibility index (Phi) is 3.22. The summed E-state index contributed by atoms with van der Waals surface area (Å²) >= 11 is 8.07. The number of pyridine rings is 1. The Hall–Kier alpha value is -0.680. The fourth-order valence-corrected chi connectivity index (χ4v) is 1.48. The molecule has 0 aliphatic heterocycles. The van der Waals surface area contributed by atoms with Crippen LogP contribution in [0.5, 0.6) is 0 Å².